The van der Waals surface area contributed by atoms with Crippen molar-refractivity contribution in [3.05, 3.63) is 194 Å². The molecule has 0 radical (unpaired) electrons. The second-order valence-corrected chi connectivity index (χ2v) is 19.8. The van der Waals surface area contributed by atoms with Crippen LogP contribution in [0.1, 0.15) is 175 Å². The van der Waals surface area contributed by atoms with E-state index in [-0.39, 0.29) is 19.3 Å². The van der Waals surface area contributed by atoms with Crippen LogP contribution >= 0.6 is 7.82 Å². The van der Waals surface area contributed by atoms with Crippen LogP contribution in [-0.4, -0.2) is 66.5 Å². The van der Waals surface area contributed by atoms with Crippen molar-refractivity contribution in [2.24, 2.45) is 0 Å². The highest BCUT2D eigenvalue weighted by atomic mass is 31.2. The summed E-state index contributed by atoms with van der Waals surface area (Å²) in [7, 11) is -4.82. The van der Waals surface area contributed by atoms with Crippen molar-refractivity contribution in [3.63, 3.8) is 0 Å². The summed E-state index contributed by atoms with van der Waals surface area (Å²) in [6.45, 7) is 4.03. The third-order valence-corrected chi connectivity index (χ3v) is 12.0. The van der Waals surface area contributed by atoms with Gasteiger partial charge in [0.25, 0.3) is 0 Å². The minimum absolute atomic E-state index is 0.0148. The Morgan fingerprint density at radius 1 is 0.362 bits per heavy atom. The number of hydrogen-bond acceptors (Lipinski definition) is 10. The molecule has 0 aromatic carbocycles. The molecule has 0 amide bonds. The summed E-state index contributed by atoms with van der Waals surface area (Å²) >= 11 is 0. The Labute approximate surface area is 483 Å². The number of unbranched alkanes of at least 4 members (excludes halogenated alkanes) is 3. The molecule has 2 N–H and O–H groups in total. The first-order valence-electron chi connectivity index (χ1n) is 29.3. The van der Waals surface area contributed by atoms with Gasteiger partial charge in [-0.25, -0.2) is 4.57 Å². The van der Waals surface area contributed by atoms with E-state index in [4.69, 9.17) is 23.3 Å². The molecule has 0 aromatic rings. The summed E-state index contributed by atoms with van der Waals surface area (Å²) in [6, 6.07) is 0. The maximum atomic E-state index is 12.9. The number of aliphatic hydroxyl groups excluding tert-OH is 1. The van der Waals surface area contributed by atoms with Gasteiger partial charge in [0.05, 0.1) is 26.2 Å². The van der Waals surface area contributed by atoms with E-state index >= 15 is 0 Å². The Kier molecular flexibility index (Phi) is 55.2. The van der Waals surface area contributed by atoms with Crippen LogP contribution in [0.3, 0.4) is 0 Å². The van der Waals surface area contributed by atoms with Crippen molar-refractivity contribution in [1.29, 1.82) is 0 Å². The predicted molar refractivity (Wildman–Crippen MR) is 334 cm³/mol. The van der Waals surface area contributed by atoms with Crippen molar-refractivity contribution in [2.45, 2.75) is 187 Å². The highest BCUT2D eigenvalue weighted by Gasteiger charge is 2.28. The van der Waals surface area contributed by atoms with Crippen molar-refractivity contribution < 1.29 is 52.2 Å². The number of carbonyl (C=O) groups excluding carboxylic acids is 3. The number of phosphoric ester groups is 1. The average molecular weight is 1130 g/mol. The molecule has 3 atom stereocenters. The van der Waals surface area contributed by atoms with Crippen LogP contribution in [0.5, 0.6) is 0 Å². The van der Waals surface area contributed by atoms with Gasteiger partial charge >= 0.3 is 25.7 Å². The van der Waals surface area contributed by atoms with E-state index in [2.05, 4.69) is 179 Å². The normalized spacial score (nSPS) is 14.7. The number of ether oxygens (including phenoxy) is 3. The first kappa shape index (κ1) is 74.3. The smallest absolute Gasteiger partial charge is 0.462 e. The van der Waals surface area contributed by atoms with Crippen molar-refractivity contribution >= 4 is 25.7 Å². The van der Waals surface area contributed by atoms with E-state index in [9.17, 15) is 28.9 Å². The van der Waals surface area contributed by atoms with Crippen LogP contribution in [0.2, 0.25) is 0 Å². The Morgan fingerprint density at radius 2 is 0.688 bits per heavy atom. The molecule has 0 aliphatic carbocycles. The summed E-state index contributed by atoms with van der Waals surface area (Å²) in [5.41, 5.74) is 0. The number of phosphoric acid groups is 1. The second-order valence-electron chi connectivity index (χ2n) is 18.3. The number of carbonyl (C=O) groups is 3. The van der Waals surface area contributed by atoms with E-state index in [0.29, 0.717) is 25.7 Å². The quantitative estimate of drug-likeness (QED) is 0.0197. The standard InChI is InChI=1S/C68H101O11P/c1-4-7-10-13-16-19-22-25-28-30-32-34-37-39-42-45-48-51-54-57-66(70)75-61-65(79-68(72)59-56-53-50-47-44-41-38-35-33-31-29-26-23-20-17-14-11-8-5-2)63-77-80(73,74)76-62-64(60-69)78-67(71)58-55-52-49-46-43-40-36-27-24-21-18-15-12-9-6-3/h7-12,16-21,25-29,32-36,39,41-44,46,50,52-53,55,64-65,69H,4-6,13-15,22-24,30-31,37-38,40,45,47-49,51,54,56-63H2,1-3H3,(H,73,74)/b10-7-,11-8-,12-9-,19-16-,20-17-,21-18-,28-25-,29-26-,34-32-,35-33-,36-27-,42-39-,44-41-,46-43-,53-50-,55-52-. The molecule has 0 aliphatic heterocycles. The number of hydrogen-bond donors (Lipinski definition) is 2. The topological polar surface area (TPSA) is 155 Å². The van der Waals surface area contributed by atoms with E-state index in [0.717, 1.165) is 109 Å². The summed E-state index contributed by atoms with van der Waals surface area (Å²) in [4.78, 5) is 48.5. The maximum absolute atomic E-state index is 12.9. The largest absolute Gasteiger partial charge is 0.472 e. The van der Waals surface area contributed by atoms with Gasteiger partial charge in [0, 0.05) is 12.8 Å². The zero-order valence-electron chi connectivity index (χ0n) is 48.9. The van der Waals surface area contributed by atoms with Gasteiger partial charge in [-0.3, -0.25) is 23.4 Å². The van der Waals surface area contributed by atoms with Gasteiger partial charge in [-0.05, 0) is 128 Å². The summed E-state index contributed by atoms with van der Waals surface area (Å²) in [5, 5.41) is 9.80. The van der Waals surface area contributed by atoms with Gasteiger partial charge in [-0.1, -0.05) is 222 Å². The van der Waals surface area contributed by atoms with E-state index in [1.165, 1.54) is 0 Å². The molecule has 3 unspecified atom stereocenters. The van der Waals surface area contributed by atoms with Crippen LogP contribution in [0.4, 0.5) is 0 Å². The molecule has 0 fully saturated rings. The fraction of sp³-hybridized carbons (Fsp3) is 0.485. The van der Waals surface area contributed by atoms with Crippen molar-refractivity contribution in [2.75, 3.05) is 26.4 Å². The number of aliphatic hydroxyl groups is 1. The minimum atomic E-state index is -4.82. The summed E-state index contributed by atoms with van der Waals surface area (Å²) in [6.07, 6.45) is 82.9. The highest BCUT2D eigenvalue weighted by Crippen LogP contribution is 2.43. The molecule has 11 nitrogen and oxygen atoms in total. The van der Waals surface area contributed by atoms with Gasteiger partial charge in [0.1, 0.15) is 12.7 Å². The molecular weight excluding hydrogens is 1020 g/mol. The molecule has 0 rings (SSSR count). The lowest BCUT2D eigenvalue weighted by atomic mass is 10.1. The molecule has 444 valence electrons. The molecular formula is C68H101O11P. The average Bonchev–Trinajstić information content (AvgIpc) is 3.45. The summed E-state index contributed by atoms with van der Waals surface area (Å²) in [5.74, 6) is -1.77. The molecule has 12 heteroatoms. The Bertz CT molecular complexity index is 2090. The molecule has 0 heterocycles. The van der Waals surface area contributed by atoms with Gasteiger partial charge in [-0.2, -0.15) is 0 Å². The van der Waals surface area contributed by atoms with Crippen LogP contribution in [-0.2, 0) is 42.2 Å². The number of esters is 3. The van der Waals surface area contributed by atoms with Crippen LogP contribution in [0.15, 0.2) is 194 Å². The molecule has 0 saturated carbocycles. The number of allylic oxidation sites excluding steroid dienone is 31. The zero-order valence-corrected chi connectivity index (χ0v) is 49.8. The minimum Gasteiger partial charge on any atom is -0.462 e. The molecule has 0 aliphatic rings. The third kappa shape index (κ3) is 57.0. The monoisotopic (exact) mass is 1120 g/mol. The Morgan fingerprint density at radius 3 is 1.06 bits per heavy atom. The lowest BCUT2D eigenvalue weighted by molar-refractivity contribution is -0.161. The molecule has 0 saturated heterocycles. The Balaban J connectivity index is 5.01. The summed E-state index contributed by atoms with van der Waals surface area (Å²) < 4.78 is 39.3. The molecule has 80 heavy (non-hydrogen) atoms. The third-order valence-electron chi connectivity index (χ3n) is 11.0. The fourth-order valence-corrected chi connectivity index (χ4v) is 7.50. The van der Waals surface area contributed by atoms with E-state index in [1.54, 1.807) is 6.08 Å². The lowest BCUT2D eigenvalue weighted by Gasteiger charge is -2.21. The van der Waals surface area contributed by atoms with Crippen LogP contribution in [0, 0.1) is 0 Å². The fourth-order valence-electron chi connectivity index (χ4n) is 6.72. The zero-order chi connectivity index (χ0) is 58.3. The number of rotatable bonds is 51. The van der Waals surface area contributed by atoms with Gasteiger partial charge in [0.2, 0.25) is 0 Å². The lowest BCUT2D eigenvalue weighted by Crippen LogP contribution is -2.30. The first-order chi connectivity index (χ1) is 39.2. The molecule has 0 spiro atoms. The Hall–Kier alpha value is -5.68. The predicted octanol–water partition coefficient (Wildman–Crippen LogP) is 17.8. The van der Waals surface area contributed by atoms with Crippen LogP contribution in [0.25, 0.3) is 0 Å². The SMILES string of the molecule is CC/C=C\C/C=C\C/C=C\C/C=C\C/C=C\C/C=C\CCC(=O)OC(COC(=O)CCCCC/C=C\C/C=C\C/C=C\C/C=C\C/C=C\CC)COP(=O)(O)OCC(CO)OC(=O)C/C=C\C/C=C\C/C=C\C/C=C\C/C=C\CC. The first-order valence-corrected chi connectivity index (χ1v) is 30.8. The maximum Gasteiger partial charge on any atom is 0.472 e. The van der Waals surface area contributed by atoms with Crippen molar-refractivity contribution in [3.8, 4) is 0 Å². The van der Waals surface area contributed by atoms with Crippen LogP contribution < -0.4 is 0 Å². The second kappa shape index (κ2) is 59.4. The highest BCUT2D eigenvalue weighted by molar-refractivity contribution is 7.47. The molecule has 0 bridgehead atoms. The van der Waals surface area contributed by atoms with Gasteiger partial charge < -0.3 is 24.2 Å². The van der Waals surface area contributed by atoms with E-state index in [1.807, 2.05) is 30.4 Å². The van der Waals surface area contributed by atoms with Gasteiger partial charge in [0.15, 0.2) is 6.10 Å². The van der Waals surface area contributed by atoms with Gasteiger partial charge in [-0.15, -0.1) is 0 Å². The van der Waals surface area contributed by atoms with E-state index < -0.39 is 64.4 Å². The van der Waals surface area contributed by atoms with Crippen molar-refractivity contribution in [1.82, 2.24) is 0 Å². The molecule has 0 aromatic heterocycles.